The van der Waals surface area contributed by atoms with E-state index in [0.717, 1.165) is 53.8 Å². The van der Waals surface area contributed by atoms with Crippen molar-refractivity contribution in [2.24, 2.45) is 5.92 Å². The van der Waals surface area contributed by atoms with Crippen LogP contribution < -0.4 is 5.56 Å². The molecule has 0 unspecified atom stereocenters. The number of nitrogens with zero attached hydrogens (tertiary/aromatic N) is 5. The Morgan fingerprint density at radius 1 is 1.27 bits per heavy atom. The van der Waals surface area contributed by atoms with Crippen molar-refractivity contribution < 1.29 is 4.74 Å². The number of aryl methyl sites for hydroxylation is 1. The van der Waals surface area contributed by atoms with Crippen LogP contribution in [0.3, 0.4) is 0 Å². The summed E-state index contributed by atoms with van der Waals surface area (Å²) in [5.74, 6) is 1.06. The summed E-state index contributed by atoms with van der Waals surface area (Å²) in [5.41, 5.74) is 2.43. The number of ether oxygens (including phenoxy) is 1. The zero-order valence-corrected chi connectivity index (χ0v) is 20.6. The SMILES string of the molecule is Cc1ccc2cc(CN(C[C@@H]3CCCO3)[C@@H](c3nnnn3C(C)(C)C)C(C)C)c(=O)[nH]c2c1. The first-order valence-electron chi connectivity index (χ1n) is 11.9. The Kier molecular flexibility index (Phi) is 6.68. The van der Waals surface area contributed by atoms with Gasteiger partial charge in [-0.25, -0.2) is 4.68 Å². The quantitative estimate of drug-likeness (QED) is 0.584. The minimum absolute atomic E-state index is 0.0524. The Morgan fingerprint density at radius 3 is 2.73 bits per heavy atom. The Bertz CT molecular complexity index is 1150. The molecule has 1 aliphatic heterocycles. The number of tetrazole rings is 1. The van der Waals surface area contributed by atoms with Gasteiger partial charge in [0.2, 0.25) is 0 Å². The monoisotopic (exact) mass is 452 g/mol. The van der Waals surface area contributed by atoms with Crippen molar-refractivity contribution in [3.63, 3.8) is 0 Å². The molecule has 1 aliphatic rings. The van der Waals surface area contributed by atoms with Crippen LogP contribution in [0.15, 0.2) is 29.1 Å². The van der Waals surface area contributed by atoms with E-state index in [1.807, 2.05) is 23.7 Å². The van der Waals surface area contributed by atoms with E-state index in [-0.39, 0.29) is 29.2 Å². The van der Waals surface area contributed by atoms with Crippen LogP contribution in [0.4, 0.5) is 0 Å². The van der Waals surface area contributed by atoms with Gasteiger partial charge >= 0.3 is 0 Å². The van der Waals surface area contributed by atoms with Crippen LogP contribution in [0.2, 0.25) is 0 Å². The number of hydrogen-bond acceptors (Lipinski definition) is 6. The predicted molar refractivity (Wildman–Crippen MR) is 129 cm³/mol. The standard InChI is InChI=1S/C25H36N6O2/c1-16(2)22(23-27-28-29-31(23)25(4,5)6)30(15-20-8-7-11-33-20)14-19-13-18-10-9-17(3)12-21(18)26-24(19)32/h9-10,12-13,16,20,22H,7-8,11,14-15H2,1-6H3,(H,26,32)/t20-,22+/m0/s1. The van der Waals surface area contributed by atoms with Crippen molar-refractivity contribution in [3.8, 4) is 0 Å². The molecule has 1 aromatic carbocycles. The Morgan fingerprint density at radius 2 is 2.06 bits per heavy atom. The van der Waals surface area contributed by atoms with Gasteiger partial charge in [-0.1, -0.05) is 26.0 Å². The van der Waals surface area contributed by atoms with E-state index >= 15 is 0 Å². The Hall–Kier alpha value is -2.58. The van der Waals surface area contributed by atoms with Gasteiger partial charge in [-0.3, -0.25) is 9.69 Å². The molecular formula is C25H36N6O2. The van der Waals surface area contributed by atoms with E-state index in [4.69, 9.17) is 4.74 Å². The summed E-state index contributed by atoms with van der Waals surface area (Å²) in [6, 6.07) is 8.10. The number of nitrogens with one attached hydrogen (secondary N) is 1. The molecule has 33 heavy (non-hydrogen) atoms. The fraction of sp³-hybridized carbons (Fsp3) is 0.600. The summed E-state index contributed by atoms with van der Waals surface area (Å²) < 4.78 is 7.90. The van der Waals surface area contributed by atoms with Crippen LogP contribution in [-0.4, -0.2) is 49.3 Å². The molecular weight excluding hydrogens is 416 g/mol. The molecule has 4 rings (SSSR count). The van der Waals surface area contributed by atoms with Crippen LogP contribution in [0, 0.1) is 12.8 Å². The average Bonchev–Trinajstić information content (AvgIpc) is 3.40. The molecule has 3 heterocycles. The number of pyridine rings is 1. The van der Waals surface area contributed by atoms with Gasteiger partial charge in [-0.05, 0) is 80.0 Å². The highest BCUT2D eigenvalue weighted by Gasteiger charge is 2.34. The zero-order chi connectivity index (χ0) is 23.8. The Balaban J connectivity index is 1.75. The number of H-pyrrole nitrogens is 1. The molecule has 1 N–H and O–H groups in total. The first kappa shape index (κ1) is 23.6. The normalized spacial score (nSPS) is 18.0. The molecule has 0 saturated carbocycles. The van der Waals surface area contributed by atoms with Crippen molar-refractivity contribution in [2.75, 3.05) is 13.2 Å². The van der Waals surface area contributed by atoms with Crippen LogP contribution >= 0.6 is 0 Å². The van der Waals surface area contributed by atoms with E-state index in [9.17, 15) is 4.79 Å². The van der Waals surface area contributed by atoms with Gasteiger partial charge < -0.3 is 9.72 Å². The largest absolute Gasteiger partial charge is 0.377 e. The molecule has 8 heteroatoms. The summed E-state index contributed by atoms with van der Waals surface area (Å²) >= 11 is 0. The molecule has 1 saturated heterocycles. The van der Waals surface area contributed by atoms with Gasteiger partial charge in [0.25, 0.3) is 5.56 Å². The lowest BCUT2D eigenvalue weighted by Crippen LogP contribution is -2.41. The summed E-state index contributed by atoms with van der Waals surface area (Å²) in [7, 11) is 0. The second kappa shape index (κ2) is 9.35. The first-order valence-corrected chi connectivity index (χ1v) is 11.9. The summed E-state index contributed by atoms with van der Waals surface area (Å²) in [4.78, 5) is 18.5. The van der Waals surface area contributed by atoms with Crippen molar-refractivity contribution in [1.82, 2.24) is 30.1 Å². The number of aromatic amines is 1. The maximum Gasteiger partial charge on any atom is 0.252 e. The minimum Gasteiger partial charge on any atom is -0.377 e. The van der Waals surface area contributed by atoms with Crippen LogP contribution in [0.5, 0.6) is 0 Å². The van der Waals surface area contributed by atoms with E-state index in [0.29, 0.717) is 6.54 Å². The summed E-state index contributed by atoms with van der Waals surface area (Å²) in [6.07, 6.45) is 2.24. The fourth-order valence-electron chi connectivity index (χ4n) is 4.76. The molecule has 2 aromatic heterocycles. The lowest BCUT2D eigenvalue weighted by Gasteiger charge is -2.36. The lowest BCUT2D eigenvalue weighted by atomic mass is 9.98. The number of aromatic nitrogens is 5. The van der Waals surface area contributed by atoms with Gasteiger partial charge in [0.15, 0.2) is 5.82 Å². The molecule has 8 nitrogen and oxygen atoms in total. The maximum absolute atomic E-state index is 13.1. The number of benzene rings is 1. The molecule has 3 aromatic rings. The average molecular weight is 453 g/mol. The number of rotatable bonds is 7. The van der Waals surface area contributed by atoms with Crippen molar-refractivity contribution in [2.45, 2.75) is 78.6 Å². The predicted octanol–water partition coefficient (Wildman–Crippen LogP) is 3.96. The second-order valence-electron chi connectivity index (χ2n) is 10.6. The molecule has 0 spiro atoms. The summed E-state index contributed by atoms with van der Waals surface area (Å²) in [6.45, 7) is 14.7. The third-order valence-corrected chi connectivity index (χ3v) is 6.33. The molecule has 2 atom stereocenters. The van der Waals surface area contributed by atoms with E-state index in [2.05, 4.69) is 72.2 Å². The van der Waals surface area contributed by atoms with Gasteiger partial charge in [0.1, 0.15) is 0 Å². The van der Waals surface area contributed by atoms with E-state index in [1.54, 1.807) is 0 Å². The Labute approximate surface area is 195 Å². The van der Waals surface area contributed by atoms with Crippen LogP contribution in [0.25, 0.3) is 10.9 Å². The van der Waals surface area contributed by atoms with Gasteiger partial charge in [-0.15, -0.1) is 5.10 Å². The van der Waals surface area contributed by atoms with E-state index < -0.39 is 0 Å². The highest BCUT2D eigenvalue weighted by Crippen LogP contribution is 2.32. The maximum atomic E-state index is 13.1. The topological polar surface area (TPSA) is 88.9 Å². The number of hydrogen-bond donors (Lipinski definition) is 1. The number of fused-ring (bicyclic) bond motifs is 1. The zero-order valence-electron chi connectivity index (χ0n) is 20.6. The van der Waals surface area contributed by atoms with Gasteiger partial charge in [0.05, 0.1) is 17.7 Å². The molecule has 0 amide bonds. The van der Waals surface area contributed by atoms with Gasteiger partial charge in [-0.2, -0.15) is 0 Å². The summed E-state index contributed by atoms with van der Waals surface area (Å²) in [5, 5.41) is 13.8. The third kappa shape index (κ3) is 5.17. The molecule has 178 valence electrons. The van der Waals surface area contributed by atoms with Crippen molar-refractivity contribution in [3.05, 3.63) is 51.6 Å². The fourth-order valence-corrected chi connectivity index (χ4v) is 4.76. The third-order valence-electron chi connectivity index (χ3n) is 6.33. The molecule has 0 bridgehead atoms. The highest BCUT2D eigenvalue weighted by molar-refractivity contribution is 5.79. The first-order chi connectivity index (χ1) is 15.6. The molecule has 0 aliphatic carbocycles. The molecule has 1 fully saturated rings. The second-order valence-corrected chi connectivity index (χ2v) is 10.6. The van der Waals surface area contributed by atoms with E-state index in [1.165, 1.54) is 0 Å². The lowest BCUT2D eigenvalue weighted by molar-refractivity contribution is 0.0371. The molecule has 0 radical (unpaired) electrons. The van der Waals surface area contributed by atoms with Crippen molar-refractivity contribution >= 4 is 10.9 Å². The minimum atomic E-state index is -0.250. The highest BCUT2D eigenvalue weighted by atomic mass is 16.5. The smallest absolute Gasteiger partial charge is 0.252 e. The van der Waals surface area contributed by atoms with Crippen LogP contribution in [-0.2, 0) is 16.8 Å². The van der Waals surface area contributed by atoms with Crippen molar-refractivity contribution in [1.29, 1.82) is 0 Å². The van der Waals surface area contributed by atoms with Gasteiger partial charge in [0, 0.05) is 30.8 Å². The van der Waals surface area contributed by atoms with Crippen LogP contribution in [0.1, 0.15) is 70.5 Å².